The lowest BCUT2D eigenvalue weighted by Crippen LogP contribution is -1.97. The van der Waals surface area contributed by atoms with Gasteiger partial charge in [0.25, 0.3) is 0 Å². The molecule has 3 rings (SSSR count). The van der Waals surface area contributed by atoms with E-state index in [0.29, 0.717) is 6.61 Å². The minimum absolute atomic E-state index is 0.708. The third-order valence-electron chi connectivity index (χ3n) is 2.69. The lowest BCUT2D eigenvalue weighted by Gasteiger charge is -2.08. The molecule has 0 unspecified atom stereocenters. The summed E-state index contributed by atoms with van der Waals surface area (Å²) in [4.78, 5) is 5.55. The average molecular weight is 294 g/mol. The van der Waals surface area contributed by atoms with Crippen LogP contribution in [0.1, 0.15) is 19.2 Å². The van der Waals surface area contributed by atoms with Gasteiger partial charge < -0.3 is 9.47 Å². The predicted octanol–water partition coefficient (Wildman–Crippen LogP) is 3.41. The molecule has 0 aliphatic carbocycles. The molecule has 2 aromatic rings. The molecule has 1 aromatic heterocycles. The first kappa shape index (κ1) is 12.7. The summed E-state index contributed by atoms with van der Waals surface area (Å²) < 4.78 is 16.5. The van der Waals surface area contributed by atoms with E-state index < -0.39 is 0 Å². The monoisotopic (exact) mass is 294 g/mol. The zero-order valence-electron chi connectivity index (χ0n) is 10.6. The summed E-state index contributed by atoms with van der Waals surface area (Å²) in [6, 6.07) is 6.01. The number of aromatic nitrogens is 2. The molecular weight excluding hydrogens is 280 g/mol. The maximum atomic E-state index is 5.68. The molecule has 6 heteroatoms. The van der Waals surface area contributed by atoms with Gasteiger partial charge in [-0.2, -0.15) is 4.37 Å². The maximum absolute atomic E-state index is 5.68. The summed E-state index contributed by atoms with van der Waals surface area (Å²) >= 11 is 3.05. The highest BCUT2D eigenvalue weighted by Gasteiger charge is 2.12. The van der Waals surface area contributed by atoms with Crippen molar-refractivity contribution in [1.29, 1.82) is 0 Å². The molecule has 0 fully saturated rings. The van der Waals surface area contributed by atoms with E-state index in [1.807, 2.05) is 18.2 Å². The molecule has 1 aromatic carbocycles. The Morgan fingerprint density at radius 2 is 2.11 bits per heavy atom. The van der Waals surface area contributed by atoms with Crippen LogP contribution in [0.3, 0.4) is 0 Å². The van der Waals surface area contributed by atoms with Gasteiger partial charge in [-0.15, -0.1) is 0 Å². The highest BCUT2D eigenvalue weighted by atomic mass is 32.2. The first-order valence-electron chi connectivity index (χ1n) is 6.25. The van der Waals surface area contributed by atoms with E-state index in [1.165, 1.54) is 11.5 Å². The van der Waals surface area contributed by atoms with E-state index in [4.69, 9.17) is 9.47 Å². The molecule has 19 heavy (non-hydrogen) atoms. The Kier molecular flexibility index (Phi) is 3.89. The van der Waals surface area contributed by atoms with Gasteiger partial charge in [-0.25, -0.2) is 4.98 Å². The van der Waals surface area contributed by atoms with Gasteiger partial charge in [-0.1, -0.05) is 18.7 Å². The molecule has 0 atom stereocenters. The van der Waals surface area contributed by atoms with Crippen LogP contribution < -0.4 is 9.47 Å². The lowest BCUT2D eigenvalue weighted by molar-refractivity contribution is 0.297. The van der Waals surface area contributed by atoms with Gasteiger partial charge in [0.05, 0.1) is 13.2 Å². The van der Waals surface area contributed by atoms with Crippen LogP contribution in [0.5, 0.6) is 11.5 Å². The Morgan fingerprint density at radius 1 is 1.26 bits per heavy atom. The highest BCUT2D eigenvalue weighted by molar-refractivity contribution is 8.01. The van der Waals surface area contributed by atoms with E-state index in [-0.39, 0.29) is 0 Å². The summed E-state index contributed by atoms with van der Waals surface area (Å²) in [6.45, 7) is 3.49. The average Bonchev–Trinajstić information content (AvgIpc) is 2.75. The van der Waals surface area contributed by atoms with Crippen LogP contribution in [0.2, 0.25) is 0 Å². The lowest BCUT2D eigenvalue weighted by atomic mass is 10.3. The van der Waals surface area contributed by atoms with Crippen molar-refractivity contribution in [2.24, 2.45) is 0 Å². The fourth-order valence-corrected chi connectivity index (χ4v) is 3.43. The first-order chi connectivity index (χ1) is 9.35. The standard InChI is InChI=1S/C13H14N2O2S2/c1-2-12-14-13(19-15-12)18-9-4-5-10-11(8-9)17-7-3-6-16-10/h4-5,8H,2-3,6-7H2,1H3. The van der Waals surface area contributed by atoms with Gasteiger partial charge in [0.1, 0.15) is 5.82 Å². The van der Waals surface area contributed by atoms with Gasteiger partial charge in [-0.05, 0) is 29.7 Å². The molecule has 0 amide bonds. The molecule has 100 valence electrons. The molecule has 0 saturated carbocycles. The van der Waals surface area contributed by atoms with Crippen molar-refractivity contribution in [2.75, 3.05) is 13.2 Å². The van der Waals surface area contributed by atoms with Crippen LogP contribution in [0, 0.1) is 0 Å². The van der Waals surface area contributed by atoms with Crippen molar-refractivity contribution < 1.29 is 9.47 Å². The van der Waals surface area contributed by atoms with Crippen LogP contribution in [-0.4, -0.2) is 22.6 Å². The number of fused-ring (bicyclic) bond motifs is 1. The third kappa shape index (κ3) is 3.01. The molecule has 0 radical (unpaired) electrons. The van der Waals surface area contributed by atoms with E-state index in [9.17, 15) is 0 Å². The molecule has 2 heterocycles. The van der Waals surface area contributed by atoms with Crippen molar-refractivity contribution in [3.05, 3.63) is 24.0 Å². The number of ether oxygens (including phenoxy) is 2. The second kappa shape index (κ2) is 5.79. The first-order valence-corrected chi connectivity index (χ1v) is 7.84. The summed E-state index contributed by atoms with van der Waals surface area (Å²) in [5, 5.41) is 0. The minimum Gasteiger partial charge on any atom is -0.490 e. The molecule has 1 aliphatic rings. The summed E-state index contributed by atoms with van der Waals surface area (Å²) in [6.07, 6.45) is 1.80. The van der Waals surface area contributed by atoms with Crippen LogP contribution in [0.25, 0.3) is 0 Å². The van der Waals surface area contributed by atoms with Gasteiger partial charge in [0.15, 0.2) is 15.8 Å². The van der Waals surface area contributed by atoms with Crippen molar-refractivity contribution in [3.8, 4) is 11.5 Å². The van der Waals surface area contributed by atoms with Crippen molar-refractivity contribution in [3.63, 3.8) is 0 Å². The van der Waals surface area contributed by atoms with Crippen LogP contribution in [0.15, 0.2) is 27.4 Å². The second-order valence-corrected chi connectivity index (χ2v) is 6.16. The van der Waals surface area contributed by atoms with Crippen LogP contribution >= 0.6 is 23.3 Å². The van der Waals surface area contributed by atoms with Gasteiger partial charge in [0.2, 0.25) is 0 Å². The van der Waals surface area contributed by atoms with E-state index in [0.717, 1.165) is 46.0 Å². The van der Waals surface area contributed by atoms with Gasteiger partial charge >= 0.3 is 0 Å². The summed E-state index contributed by atoms with van der Waals surface area (Å²) in [7, 11) is 0. The molecular formula is C13H14N2O2S2. The number of rotatable bonds is 3. The number of benzene rings is 1. The number of nitrogens with zero attached hydrogens (tertiary/aromatic N) is 2. The Hall–Kier alpha value is -1.27. The quantitative estimate of drug-likeness (QED) is 0.868. The van der Waals surface area contributed by atoms with Crippen molar-refractivity contribution in [1.82, 2.24) is 9.36 Å². The molecule has 4 nitrogen and oxygen atoms in total. The number of hydrogen-bond acceptors (Lipinski definition) is 6. The SMILES string of the molecule is CCc1nsc(Sc2ccc3c(c2)OCCCO3)n1. The van der Waals surface area contributed by atoms with E-state index in [1.54, 1.807) is 11.8 Å². The van der Waals surface area contributed by atoms with E-state index >= 15 is 0 Å². The zero-order chi connectivity index (χ0) is 13.1. The molecule has 0 N–H and O–H groups in total. The fourth-order valence-electron chi connectivity index (χ4n) is 1.73. The number of aryl methyl sites for hydroxylation is 1. The Labute approximate surface area is 120 Å². The highest BCUT2D eigenvalue weighted by Crippen LogP contribution is 2.36. The predicted molar refractivity (Wildman–Crippen MR) is 75.5 cm³/mol. The Balaban J connectivity index is 1.79. The second-order valence-electron chi connectivity index (χ2n) is 4.09. The molecule has 1 aliphatic heterocycles. The Morgan fingerprint density at radius 3 is 2.89 bits per heavy atom. The molecule has 0 bridgehead atoms. The molecule has 0 saturated heterocycles. The molecule has 0 spiro atoms. The van der Waals surface area contributed by atoms with Crippen LogP contribution in [0.4, 0.5) is 0 Å². The zero-order valence-corrected chi connectivity index (χ0v) is 12.2. The summed E-state index contributed by atoms with van der Waals surface area (Å²) in [5.41, 5.74) is 0. The summed E-state index contributed by atoms with van der Waals surface area (Å²) in [5.74, 6) is 2.55. The third-order valence-corrected chi connectivity index (χ3v) is 4.47. The number of hydrogen-bond donors (Lipinski definition) is 0. The normalized spacial score (nSPS) is 14.2. The van der Waals surface area contributed by atoms with E-state index in [2.05, 4.69) is 16.3 Å². The fraction of sp³-hybridized carbons (Fsp3) is 0.385. The largest absolute Gasteiger partial charge is 0.490 e. The smallest absolute Gasteiger partial charge is 0.174 e. The Bertz CT molecular complexity index is 572. The van der Waals surface area contributed by atoms with Crippen molar-refractivity contribution in [2.45, 2.75) is 29.0 Å². The minimum atomic E-state index is 0.708. The van der Waals surface area contributed by atoms with Crippen LogP contribution in [-0.2, 0) is 6.42 Å². The maximum Gasteiger partial charge on any atom is 0.174 e. The topological polar surface area (TPSA) is 44.2 Å². The van der Waals surface area contributed by atoms with Gasteiger partial charge in [0, 0.05) is 17.7 Å². The van der Waals surface area contributed by atoms with Gasteiger partial charge in [-0.3, -0.25) is 0 Å². The van der Waals surface area contributed by atoms with Crippen molar-refractivity contribution >= 4 is 23.3 Å².